The molecular weight excluding hydrogens is 374 g/mol. The zero-order valence-corrected chi connectivity index (χ0v) is 15.1. The number of amides is 2. The van der Waals surface area contributed by atoms with Crippen molar-refractivity contribution >= 4 is 40.9 Å². The summed E-state index contributed by atoms with van der Waals surface area (Å²) in [6.45, 7) is 0.999. The zero-order valence-electron chi connectivity index (χ0n) is 13.5. The molecule has 2 aromatic heterocycles. The molecule has 0 fully saturated rings. The molecule has 1 aromatic carbocycles. The number of hydrogen-bond donors (Lipinski definition) is 2. The van der Waals surface area contributed by atoms with E-state index in [0.717, 1.165) is 17.5 Å². The number of rotatable bonds is 3. The minimum absolute atomic E-state index is 0.197. The molecule has 2 N–H and O–H groups in total. The lowest BCUT2D eigenvalue weighted by molar-refractivity contribution is 0.112. The van der Waals surface area contributed by atoms with Gasteiger partial charge in [-0.3, -0.25) is 9.89 Å². The summed E-state index contributed by atoms with van der Waals surface area (Å²) in [5.41, 5.74) is 3.90. The number of aromatic nitrogens is 3. The summed E-state index contributed by atoms with van der Waals surface area (Å²) in [6, 6.07) is 6.83. The molecule has 1 aliphatic rings. The van der Waals surface area contributed by atoms with Crippen LogP contribution in [-0.4, -0.2) is 38.9 Å². The van der Waals surface area contributed by atoms with Gasteiger partial charge in [-0.1, -0.05) is 17.7 Å². The SMILES string of the molecule is O=Cc1nc(-c2n[nH]c3c2CN(C(=O)Nc2cccc(Cl)c2)CC3)cs1. The molecule has 26 heavy (non-hydrogen) atoms. The quantitative estimate of drug-likeness (QED) is 0.672. The number of carbonyl (C=O) groups is 2. The molecule has 0 atom stereocenters. The van der Waals surface area contributed by atoms with Gasteiger partial charge in [0.25, 0.3) is 0 Å². The zero-order chi connectivity index (χ0) is 18.1. The van der Waals surface area contributed by atoms with E-state index in [0.29, 0.717) is 46.6 Å². The average molecular weight is 388 g/mol. The van der Waals surface area contributed by atoms with Crippen LogP contribution in [0.2, 0.25) is 5.02 Å². The summed E-state index contributed by atoms with van der Waals surface area (Å²) in [5, 5.41) is 13.0. The van der Waals surface area contributed by atoms with Gasteiger partial charge in [0.15, 0.2) is 11.3 Å². The minimum atomic E-state index is -0.197. The number of aromatic amines is 1. The Bertz CT molecular complexity index is 983. The van der Waals surface area contributed by atoms with E-state index < -0.39 is 0 Å². The highest BCUT2D eigenvalue weighted by Gasteiger charge is 2.26. The number of anilines is 1. The fourth-order valence-electron chi connectivity index (χ4n) is 2.90. The molecule has 0 spiro atoms. The predicted molar refractivity (Wildman–Crippen MR) is 99.7 cm³/mol. The van der Waals surface area contributed by atoms with Crippen molar-refractivity contribution in [1.82, 2.24) is 20.1 Å². The fraction of sp³-hybridized carbons (Fsp3) is 0.176. The molecule has 7 nitrogen and oxygen atoms in total. The molecule has 9 heteroatoms. The first-order chi connectivity index (χ1) is 12.6. The average Bonchev–Trinajstić information content (AvgIpc) is 3.27. The van der Waals surface area contributed by atoms with E-state index in [2.05, 4.69) is 20.5 Å². The van der Waals surface area contributed by atoms with Gasteiger partial charge in [0.1, 0.15) is 11.4 Å². The van der Waals surface area contributed by atoms with Gasteiger partial charge < -0.3 is 10.2 Å². The number of halogens is 1. The Balaban J connectivity index is 1.54. The predicted octanol–water partition coefficient (Wildman–Crippen LogP) is 3.59. The third-order valence-corrected chi connectivity index (χ3v) is 5.17. The standard InChI is InChI=1S/C17H14ClN5O2S/c18-10-2-1-3-11(6-10)19-17(25)23-5-4-13-12(7-23)16(22-21-13)14-9-26-15(8-24)20-14/h1-3,6,8-9H,4-5,7H2,(H,19,25)(H,21,22). The number of thiazole rings is 1. The maximum absolute atomic E-state index is 12.6. The number of H-pyrrole nitrogens is 1. The van der Waals surface area contributed by atoms with Gasteiger partial charge in [0, 0.05) is 40.3 Å². The van der Waals surface area contributed by atoms with Crippen molar-refractivity contribution in [2.24, 2.45) is 0 Å². The molecule has 0 saturated heterocycles. The highest BCUT2D eigenvalue weighted by molar-refractivity contribution is 7.11. The number of benzene rings is 1. The molecule has 3 heterocycles. The van der Waals surface area contributed by atoms with E-state index in [4.69, 9.17) is 11.6 Å². The Labute approximate surface area is 158 Å². The van der Waals surface area contributed by atoms with Crippen LogP contribution in [0.25, 0.3) is 11.4 Å². The minimum Gasteiger partial charge on any atom is -0.320 e. The topological polar surface area (TPSA) is 91.0 Å². The van der Waals surface area contributed by atoms with Crippen molar-refractivity contribution < 1.29 is 9.59 Å². The number of fused-ring (bicyclic) bond motifs is 1. The second kappa shape index (κ2) is 6.89. The molecule has 0 radical (unpaired) electrons. The van der Waals surface area contributed by atoms with E-state index in [1.54, 1.807) is 34.5 Å². The second-order valence-electron chi connectivity index (χ2n) is 5.83. The molecule has 4 rings (SSSR count). The first kappa shape index (κ1) is 16.7. The van der Waals surface area contributed by atoms with Crippen LogP contribution < -0.4 is 5.32 Å². The molecule has 0 aliphatic carbocycles. The van der Waals surface area contributed by atoms with Gasteiger partial charge in [-0.05, 0) is 18.2 Å². The maximum atomic E-state index is 12.6. The van der Waals surface area contributed by atoms with Crippen LogP contribution in [0.3, 0.4) is 0 Å². The van der Waals surface area contributed by atoms with Crippen LogP contribution in [0.1, 0.15) is 21.1 Å². The van der Waals surface area contributed by atoms with Crippen molar-refractivity contribution in [3.05, 3.63) is 50.9 Å². The second-order valence-corrected chi connectivity index (χ2v) is 7.16. The van der Waals surface area contributed by atoms with Crippen molar-refractivity contribution in [3.63, 3.8) is 0 Å². The number of hydrogen-bond acceptors (Lipinski definition) is 5. The number of carbonyl (C=O) groups excluding carboxylic acids is 2. The molecule has 2 amide bonds. The monoisotopic (exact) mass is 387 g/mol. The van der Waals surface area contributed by atoms with Gasteiger partial charge in [-0.15, -0.1) is 11.3 Å². The van der Waals surface area contributed by atoms with E-state index in [1.807, 2.05) is 0 Å². The van der Waals surface area contributed by atoms with Gasteiger partial charge in [0.05, 0.1) is 6.54 Å². The lowest BCUT2D eigenvalue weighted by Gasteiger charge is -2.27. The van der Waals surface area contributed by atoms with Gasteiger partial charge in [0.2, 0.25) is 0 Å². The van der Waals surface area contributed by atoms with E-state index in [-0.39, 0.29) is 6.03 Å². The smallest absolute Gasteiger partial charge is 0.320 e. The molecule has 0 saturated carbocycles. The fourth-order valence-corrected chi connectivity index (χ4v) is 3.69. The molecule has 3 aromatic rings. The van der Waals surface area contributed by atoms with E-state index >= 15 is 0 Å². The van der Waals surface area contributed by atoms with Gasteiger partial charge in [-0.25, -0.2) is 9.78 Å². The third-order valence-electron chi connectivity index (χ3n) is 4.16. The number of nitrogens with zero attached hydrogens (tertiary/aromatic N) is 3. The Morgan fingerprint density at radius 2 is 2.31 bits per heavy atom. The summed E-state index contributed by atoms with van der Waals surface area (Å²) in [4.78, 5) is 29.4. The number of aldehydes is 1. The number of urea groups is 1. The first-order valence-corrected chi connectivity index (χ1v) is 9.18. The largest absolute Gasteiger partial charge is 0.322 e. The Morgan fingerprint density at radius 3 is 3.08 bits per heavy atom. The lowest BCUT2D eigenvalue weighted by Crippen LogP contribution is -2.38. The third kappa shape index (κ3) is 3.21. The van der Waals surface area contributed by atoms with Gasteiger partial charge in [-0.2, -0.15) is 5.10 Å². The first-order valence-electron chi connectivity index (χ1n) is 7.92. The molecule has 0 unspecified atom stereocenters. The van der Waals surface area contributed by atoms with Crippen molar-refractivity contribution in [2.45, 2.75) is 13.0 Å². The van der Waals surface area contributed by atoms with Crippen LogP contribution in [0.5, 0.6) is 0 Å². The summed E-state index contributed by atoms with van der Waals surface area (Å²) < 4.78 is 0. The van der Waals surface area contributed by atoms with Crippen LogP contribution >= 0.6 is 22.9 Å². The van der Waals surface area contributed by atoms with Crippen LogP contribution in [0.15, 0.2) is 29.6 Å². The lowest BCUT2D eigenvalue weighted by atomic mass is 10.0. The molecular formula is C17H14ClN5O2S. The summed E-state index contributed by atoms with van der Waals surface area (Å²) in [5.74, 6) is 0. The molecule has 132 valence electrons. The van der Waals surface area contributed by atoms with E-state index in [9.17, 15) is 9.59 Å². The van der Waals surface area contributed by atoms with Crippen molar-refractivity contribution in [1.29, 1.82) is 0 Å². The highest BCUT2D eigenvalue weighted by Crippen LogP contribution is 2.29. The molecule has 0 bridgehead atoms. The van der Waals surface area contributed by atoms with Gasteiger partial charge >= 0.3 is 6.03 Å². The molecule has 1 aliphatic heterocycles. The maximum Gasteiger partial charge on any atom is 0.322 e. The summed E-state index contributed by atoms with van der Waals surface area (Å²) >= 11 is 7.23. The normalized spacial score (nSPS) is 13.3. The van der Waals surface area contributed by atoms with Crippen LogP contribution in [0, 0.1) is 0 Å². The van der Waals surface area contributed by atoms with E-state index in [1.165, 1.54) is 11.3 Å². The highest BCUT2D eigenvalue weighted by atomic mass is 35.5. The summed E-state index contributed by atoms with van der Waals surface area (Å²) in [7, 11) is 0. The van der Waals surface area contributed by atoms with Crippen molar-refractivity contribution in [3.8, 4) is 11.4 Å². The summed E-state index contributed by atoms with van der Waals surface area (Å²) in [6.07, 6.45) is 1.40. The number of nitrogens with one attached hydrogen (secondary N) is 2. The van der Waals surface area contributed by atoms with Crippen LogP contribution in [0.4, 0.5) is 10.5 Å². The van der Waals surface area contributed by atoms with Crippen LogP contribution in [-0.2, 0) is 13.0 Å². The Morgan fingerprint density at radius 1 is 1.42 bits per heavy atom. The van der Waals surface area contributed by atoms with Crippen molar-refractivity contribution in [2.75, 3.05) is 11.9 Å². The Hall–Kier alpha value is -2.71. The Kier molecular flexibility index (Phi) is 4.44.